The first-order valence-electron chi connectivity index (χ1n) is 17.6. The summed E-state index contributed by atoms with van der Waals surface area (Å²) in [7, 11) is 0. The first kappa shape index (κ1) is 43.3. The van der Waals surface area contributed by atoms with Crippen molar-refractivity contribution in [3.63, 3.8) is 0 Å². The number of hydrogen-bond donors (Lipinski definition) is 0. The molecule has 3 heteroatoms. The van der Waals surface area contributed by atoms with Gasteiger partial charge in [-0.25, -0.2) is 0 Å². The Morgan fingerprint density at radius 3 is 1.52 bits per heavy atom. The van der Waals surface area contributed by atoms with E-state index in [-0.39, 0.29) is 32.7 Å². The van der Waals surface area contributed by atoms with Crippen LogP contribution in [-0.2, 0) is 39.3 Å². The summed E-state index contributed by atoms with van der Waals surface area (Å²) in [5, 5.41) is 7.28. The van der Waals surface area contributed by atoms with E-state index in [1.54, 1.807) is 5.57 Å². The average Bonchev–Trinajstić information content (AvgIpc) is 3.35. The molecule has 0 amide bonds. The maximum absolute atomic E-state index is 4.52. The average molecular weight is 720 g/mol. The summed E-state index contributed by atoms with van der Waals surface area (Å²) in [6.45, 7) is 29.5. The predicted molar refractivity (Wildman–Crippen MR) is 212 cm³/mol. The number of para-hydroxylation sites is 1. The van der Waals surface area contributed by atoms with Crippen molar-refractivity contribution in [2.75, 3.05) is 0 Å². The molecule has 5 rings (SSSR count). The number of hydrogen-bond acceptors (Lipinski definition) is 0. The topological polar surface area (TPSA) is 19.0 Å². The molecule has 0 aliphatic rings. The first-order valence-corrected chi connectivity index (χ1v) is 17.6. The van der Waals surface area contributed by atoms with Gasteiger partial charge in [0.25, 0.3) is 0 Å². The zero-order chi connectivity index (χ0) is 35.1. The fourth-order valence-electron chi connectivity index (χ4n) is 5.60. The molecule has 0 aliphatic heterocycles. The Morgan fingerprint density at radius 1 is 0.667 bits per heavy atom. The van der Waals surface area contributed by atoms with Crippen LogP contribution in [0.4, 0.5) is 11.4 Å². The number of fused-ring (bicyclic) bond motifs is 3. The van der Waals surface area contributed by atoms with Gasteiger partial charge in [0.15, 0.2) is 0 Å². The van der Waals surface area contributed by atoms with E-state index in [0.717, 1.165) is 17.9 Å². The smallest absolute Gasteiger partial charge is 0.0491 e. The number of rotatable bonds is 7. The van der Waals surface area contributed by atoms with Crippen molar-refractivity contribution >= 4 is 33.2 Å². The third-order valence-electron chi connectivity index (χ3n) is 7.96. The van der Waals surface area contributed by atoms with E-state index in [9.17, 15) is 0 Å². The van der Waals surface area contributed by atoms with Crippen LogP contribution in [0.25, 0.3) is 27.1 Å². The molecule has 257 valence electrons. The molecule has 1 aromatic heterocycles. The van der Waals surface area contributed by atoms with Gasteiger partial charge in [0.2, 0.25) is 0 Å². The quantitative estimate of drug-likeness (QED) is 0.118. The molecule has 2 nitrogen and oxygen atoms in total. The van der Waals surface area contributed by atoms with Crippen molar-refractivity contribution in [2.24, 2.45) is 17.8 Å². The van der Waals surface area contributed by atoms with Crippen LogP contribution in [0, 0.1) is 38.0 Å². The minimum Gasteiger partial charge on any atom is -0.658 e. The van der Waals surface area contributed by atoms with Crippen LogP contribution in [0.1, 0.15) is 98.8 Å². The van der Waals surface area contributed by atoms with Crippen LogP contribution in [0.3, 0.4) is 0 Å². The summed E-state index contributed by atoms with van der Waals surface area (Å²) in [5.41, 5.74) is 10.2. The first-order chi connectivity index (χ1) is 22.3. The van der Waals surface area contributed by atoms with E-state index in [4.69, 9.17) is 0 Å². The maximum Gasteiger partial charge on any atom is 0.0491 e. The van der Waals surface area contributed by atoms with E-state index in [2.05, 4.69) is 159 Å². The van der Waals surface area contributed by atoms with Crippen LogP contribution < -0.4 is 0 Å². The van der Waals surface area contributed by atoms with Crippen molar-refractivity contribution in [2.45, 2.75) is 102 Å². The second-order valence-corrected chi connectivity index (χ2v) is 13.8. The molecular formula is C45H62N2Y-2. The van der Waals surface area contributed by atoms with Crippen molar-refractivity contribution < 1.29 is 32.7 Å². The summed E-state index contributed by atoms with van der Waals surface area (Å²) >= 11 is 0. The van der Waals surface area contributed by atoms with Gasteiger partial charge in [-0.2, -0.15) is 13.8 Å². The molecule has 0 saturated carbocycles. The van der Waals surface area contributed by atoms with Crippen LogP contribution >= 0.6 is 0 Å². The summed E-state index contributed by atoms with van der Waals surface area (Å²) in [6.07, 6.45) is 4.40. The Bertz CT molecular complexity index is 1580. The largest absolute Gasteiger partial charge is 0.658 e. The van der Waals surface area contributed by atoms with Gasteiger partial charge in [0.05, 0.1) is 0 Å². The fourth-order valence-corrected chi connectivity index (χ4v) is 5.60. The number of aromatic nitrogens is 1. The molecule has 1 heterocycles. The number of benzene rings is 4. The molecule has 0 fully saturated rings. The molecule has 5 aromatic rings. The Balaban J connectivity index is 0.000000352. The van der Waals surface area contributed by atoms with Gasteiger partial charge in [-0.1, -0.05) is 151 Å². The van der Waals surface area contributed by atoms with Crippen LogP contribution in [0.15, 0.2) is 103 Å². The third kappa shape index (κ3) is 13.7. The molecule has 0 unspecified atom stereocenters. The molecule has 0 aliphatic carbocycles. The molecule has 0 spiro atoms. The molecule has 4 aromatic carbocycles. The van der Waals surface area contributed by atoms with Gasteiger partial charge >= 0.3 is 0 Å². The van der Waals surface area contributed by atoms with E-state index in [1.807, 2.05) is 44.5 Å². The minimum atomic E-state index is 0. The zero-order valence-corrected chi connectivity index (χ0v) is 35.1. The van der Waals surface area contributed by atoms with Gasteiger partial charge in [-0.3, -0.25) is 0 Å². The molecule has 0 saturated heterocycles. The number of allylic oxidation sites excluding steroid dienone is 2. The zero-order valence-electron chi connectivity index (χ0n) is 32.3. The Morgan fingerprint density at radius 2 is 1.12 bits per heavy atom. The summed E-state index contributed by atoms with van der Waals surface area (Å²) in [4.78, 5) is 0. The minimum absolute atomic E-state index is 0. The molecule has 0 bridgehead atoms. The van der Waals surface area contributed by atoms with Gasteiger partial charge in [0.1, 0.15) is 0 Å². The Kier molecular flexibility index (Phi) is 20.0. The van der Waals surface area contributed by atoms with E-state index in [0.29, 0.717) is 23.7 Å². The van der Waals surface area contributed by atoms with Crippen molar-refractivity contribution in [1.82, 2.24) is 4.57 Å². The maximum atomic E-state index is 4.52. The molecular weight excluding hydrogens is 657 g/mol. The second kappa shape index (κ2) is 22.1. The normalized spacial score (nSPS) is 10.5. The van der Waals surface area contributed by atoms with Gasteiger partial charge < -0.3 is 16.3 Å². The van der Waals surface area contributed by atoms with Crippen LogP contribution in [-0.4, -0.2) is 4.57 Å². The molecule has 48 heavy (non-hydrogen) atoms. The Labute approximate surface area is 319 Å². The van der Waals surface area contributed by atoms with E-state index in [1.165, 1.54) is 38.5 Å². The summed E-state index contributed by atoms with van der Waals surface area (Å²) in [6, 6.07) is 32.0. The standard InChI is InChI=1S/C17H19N.C14H14N.C11H22.C3H7.Y/c1-4-18-16-8-6-5-7-14(16)15-11-13(12(2)3)9-10-17(15)18;1-11-3-7-13(8-4-11)15-14-9-5-12(2)6-10-14;1-8(2)7-11(9(3)4)10(5)6;1-3-2;/h5-12H,4H2,1-3H3;3-10H,1-2H3;7-10H,1-6H3;3H,1-2H3;/q;-1;;-1;. The molecule has 1 radical (unpaired) electrons. The van der Waals surface area contributed by atoms with Crippen molar-refractivity contribution in [3.05, 3.63) is 131 Å². The molecule has 0 N–H and O–H groups in total. The Hall–Kier alpha value is -2.68. The molecule has 0 atom stereocenters. The SMILES string of the molecule is CC(C)C=C(C(C)C)C(C)C.CCn1c2ccccc2c2cc(C(C)C)ccc21.C[CH-]C.Cc1ccc([N-]c2ccc(C)cc2)cc1.[Y]. The van der Waals surface area contributed by atoms with Crippen molar-refractivity contribution in [3.8, 4) is 0 Å². The summed E-state index contributed by atoms with van der Waals surface area (Å²) < 4.78 is 2.40. The second-order valence-electron chi connectivity index (χ2n) is 13.8. The summed E-state index contributed by atoms with van der Waals surface area (Å²) in [5.74, 6) is 2.68. The van der Waals surface area contributed by atoms with E-state index < -0.39 is 0 Å². The monoisotopic (exact) mass is 719 g/mol. The predicted octanol–water partition coefficient (Wildman–Crippen LogP) is 14.7. The number of nitrogens with zero attached hydrogens (tertiary/aromatic N) is 2. The fraction of sp³-hybridized carbons (Fsp3) is 0.400. The van der Waals surface area contributed by atoms with Crippen LogP contribution in [0.5, 0.6) is 0 Å². The van der Waals surface area contributed by atoms with Gasteiger partial charge in [-0.05, 0) is 68.2 Å². The van der Waals surface area contributed by atoms with E-state index >= 15 is 0 Å². The van der Waals surface area contributed by atoms with Gasteiger partial charge in [-0.15, -0.1) is 11.4 Å². The third-order valence-corrected chi connectivity index (χ3v) is 7.96. The van der Waals surface area contributed by atoms with Gasteiger partial charge in [0, 0.05) is 61.1 Å². The number of aryl methyl sites for hydroxylation is 3. The van der Waals surface area contributed by atoms with Crippen molar-refractivity contribution in [1.29, 1.82) is 0 Å². The van der Waals surface area contributed by atoms with Crippen LogP contribution in [0.2, 0.25) is 0 Å².